The van der Waals surface area contributed by atoms with E-state index in [0.717, 1.165) is 55.3 Å². The zero-order chi connectivity index (χ0) is 15.6. The largest absolute Gasteiger partial charge is 0.378 e. The van der Waals surface area contributed by atoms with Gasteiger partial charge in [-0.15, -0.1) is 0 Å². The molecule has 1 N–H and O–H groups in total. The number of ether oxygens (including phenoxy) is 1. The maximum atomic E-state index is 5.40. The van der Waals surface area contributed by atoms with Gasteiger partial charge >= 0.3 is 0 Å². The summed E-state index contributed by atoms with van der Waals surface area (Å²) in [4.78, 5) is 11.1. The summed E-state index contributed by atoms with van der Waals surface area (Å²) in [5.74, 6) is 1.86. The van der Waals surface area contributed by atoms with Crippen LogP contribution in [0.2, 0.25) is 0 Å². The van der Waals surface area contributed by atoms with Gasteiger partial charge in [0.15, 0.2) is 0 Å². The van der Waals surface area contributed by atoms with Gasteiger partial charge in [0.25, 0.3) is 0 Å². The number of morpholine rings is 1. The van der Waals surface area contributed by atoms with E-state index in [9.17, 15) is 0 Å². The lowest BCUT2D eigenvalue weighted by atomic mass is 10.1. The van der Waals surface area contributed by atoms with Crippen LogP contribution >= 0.6 is 15.9 Å². The average Bonchev–Trinajstić information content (AvgIpc) is 2.98. The van der Waals surface area contributed by atoms with E-state index in [0.29, 0.717) is 6.04 Å². The number of benzene rings is 1. The van der Waals surface area contributed by atoms with Crippen LogP contribution in [0.1, 0.15) is 23.6 Å². The minimum atomic E-state index is 0.325. The molecule has 0 amide bonds. The van der Waals surface area contributed by atoms with Crippen LogP contribution in [0.4, 0.5) is 11.6 Å². The van der Waals surface area contributed by atoms with E-state index in [1.54, 1.807) is 6.33 Å². The van der Waals surface area contributed by atoms with Gasteiger partial charge in [-0.2, -0.15) is 0 Å². The van der Waals surface area contributed by atoms with E-state index >= 15 is 0 Å². The Hall–Kier alpha value is -1.66. The van der Waals surface area contributed by atoms with Gasteiger partial charge in [0.2, 0.25) is 0 Å². The highest BCUT2D eigenvalue weighted by Gasteiger charge is 2.23. The van der Waals surface area contributed by atoms with Gasteiger partial charge in [0.05, 0.1) is 19.3 Å². The molecule has 0 radical (unpaired) electrons. The molecule has 0 bridgehead atoms. The van der Waals surface area contributed by atoms with Crippen LogP contribution in [-0.2, 0) is 11.2 Å². The number of aromatic nitrogens is 2. The fourth-order valence-corrected chi connectivity index (χ4v) is 3.71. The van der Waals surface area contributed by atoms with Crippen LogP contribution in [0.15, 0.2) is 35.1 Å². The molecule has 6 heteroatoms. The van der Waals surface area contributed by atoms with Crippen LogP contribution in [0.3, 0.4) is 0 Å². The first-order chi connectivity index (χ1) is 11.3. The quantitative estimate of drug-likeness (QED) is 0.893. The SMILES string of the molecule is Brc1ccc2c(c1)CCC2Nc1cc(N2CCOCC2)ncn1. The molecule has 1 fully saturated rings. The molecule has 0 spiro atoms. The average molecular weight is 375 g/mol. The summed E-state index contributed by atoms with van der Waals surface area (Å²) in [5, 5.41) is 3.57. The molecule has 1 aliphatic carbocycles. The number of halogens is 1. The van der Waals surface area contributed by atoms with Crippen molar-refractivity contribution in [3.8, 4) is 0 Å². The lowest BCUT2D eigenvalue weighted by Crippen LogP contribution is -2.36. The number of hydrogen-bond donors (Lipinski definition) is 1. The summed E-state index contributed by atoms with van der Waals surface area (Å²) in [7, 11) is 0. The Morgan fingerprint density at radius 3 is 2.91 bits per heavy atom. The molecule has 1 aromatic heterocycles. The molecule has 2 aliphatic rings. The summed E-state index contributed by atoms with van der Waals surface area (Å²) in [5.41, 5.74) is 2.79. The summed E-state index contributed by atoms with van der Waals surface area (Å²) in [6.07, 6.45) is 3.85. The monoisotopic (exact) mass is 374 g/mol. The molecular weight excluding hydrogens is 356 g/mol. The number of nitrogens with zero attached hydrogens (tertiary/aromatic N) is 3. The number of rotatable bonds is 3. The number of anilines is 2. The van der Waals surface area contributed by atoms with Crippen LogP contribution in [0, 0.1) is 0 Å². The summed E-state index contributed by atoms with van der Waals surface area (Å²) < 4.78 is 6.55. The molecule has 1 unspecified atom stereocenters. The number of fused-ring (bicyclic) bond motifs is 1. The van der Waals surface area contributed by atoms with Gasteiger partial charge in [0, 0.05) is 23.6 Å². The van der Waals surface area contributed by atoms with Crippen molar-refractivity contribution in [1.82, 2.24) is 9.97 Å². The van der Waals surface area contributed by atoms with Gasteiger partial charge in [-0.25, -0.2) is 9.97 Å². The number of hydrogen-bond acceptors (Lipinski definition) is 5. The second-order valence-corrected chi connectivity index (χ2v) is 6.86. The third-order valence-electron chi connectivity index (χ3n) is 4.49. The number of aryl methyl sites for hydroxylation is 1. The molecule has 2 heterocycles. The molecule has 23 heavy (non-hydrogen) atoms. The highest BCUT2D eigenvalue weighted by molar-refractivity contribution is 9.10. The van der Waals surface area contributed by atoms with Crippen molar-refractivity contribution in [3.05, 3.63) is 46.2 Å². The van der Waals surface area contributed by atoms with Gasteiger partial charge in [-0.1, -0.05) is 22.0 Å². The van der Waals surface area contributed by atoms with Gasteiger partial charge in [-0.3, -0.25) is 0 Å². The predicted molar refractivity (Wildman–Crippen MR) is 93.9 cm³/mol. The first kappa shape index (κ1) is 14.9. The highest BCUT2D eigenvalue weighted by atomic mass is 79.9. The van der Waals surface area contributed by atoms with Gasteiger partial charge in [-0.05, 0) is 36.1 Å². The molecule has 1 aromatic carbocycles. The van der Waals surface area contributed by atoms with Crippen LogP contribution in [0.5, 0.6) is 0 Å². The molecule has 1 saturated heterocycles. The van der Waals surface area contributed by atoms with Crippen molar-refractivity contribution in [2.45, 2.75) is 18.9 Å². The zero-order valence-corrected chi connectivity index (χ0v) is 14.4. The van der Waals surface area contributed by atoms with E-state index < -0.39 is 0 Å². The molecule has 120 valence electrons. The third-order valence-corrected chi connectivity index (χ3v) is 4.99. The Morgan fingerprint density at radius 2 is 2.04 bits per heavy atom. The Bertz CT molecular complexity index is 703. The molecule has 5 nitrogen and oxygen atoms in total. The molecule has 1 atom stereocenters. The van der Waals surface area contributed by atoms with Crippen molar-refractivity contribution in [1.29, 1.82) is 0 Å². The van der Waals surface area contributed by atoms with Gasteiger partial charge < -0.3 is 15.0 Å². The molecule has 1 aliphatic heterocycles. The number of nitrogens with one attached hydrogen (secondary N) is 1. The second-order valence-electron chi connectivity index (χ2n) is 5.94. The molecule has 0 saturated carbocycles. The van der Waals surface area contributed by atoms with Crippen molar-refractivity contribution < 1.29 is 4.74 Å². The first-order valence-corrected chi connectivity index (χ1v) is 8.78. The maximum absolute atomic E-state index is 5.40. The van der Waals surface area contributed by atoms with E-state index in [1.807, 2.05) is 6.07 Å². The van der Waals surface area contributed by atoms with E-state index in [1.165, 1.54) is 11.1 Å². The molecule has 4 rings (SSSR count). The predicted octanol–water partition coefficient (Wildman–Crippen LogP) is 3.18. The fraction of sp³-hybridized carbons (Fsp3) is 0.412. The maximum Gasteiger partial charge on any atom is 0.134 e. The lowest BCUT2D eigenvalue weighted by Gasteiger charge is -2.28. The van der Waals surface area contributed by atoms with E-state index in [-0.39, 0.29) is 0 Å². The van der Waals surface area contributed by atoms with Crippen LogP contribution < -0.4 is 10.2 Å². The minimum absolute atomic E-state index is 0.325. The standard InChI is InChI=1S/C17H19BrN4O/c18-13-2-3-14-12(9-13)1-4-15(14)21-16-10-17(20-11-19-16)22-5-7-23-8-6-22/h2-3,9-11,15H,1,4-8H2,(H,19,20,21). The summed E-state index contributed by atoms with van der Waals surface area (Å²) in [6, 6.07) is 8.90. The lowest BCUT2D eigenvalue weighted by molar-refractivity contribution is 0.122. The minimum Gasteiger partial charge on any atom is -0.378 e. The van der Waals surface area contributed by atoms with Gasteiger partial charge in [0.1, 0.15) is 18.0 Å². The normalized spacial score (nSPS) is 20.4. The van der Waals surface area contributed by atoms with E-state index in [2.05, 4.69) is 54.3 Å². The van der Waals surface area contributed by atoms with Crippen LogP contribution in [0.25, 0.3) is 0 Å². The van der Waals surface area contributed by atoms with Crippen molar-refractivity contribution in [2.24, 2.45) is 0 Å². The smallest absolute Gasteiger partial charge is 0.134 e. The molecular formula is C17H19BrN4O. The summed E-state index contributed by atoms with van der Waals surface area (Å²) >= 11 is 3.55. The van der Waals surface area contributed by atoms with E-state index in [4.69, 9.17) is 4.74 Å². The Kier molecular flexibility index (Phi) is 4.18. The second kappa shape index (κ2) is 6.45. The topological polar surface area (TPSA) is 50.3 Å². The van der Waals surface area contributed by atoms with Crippen molar-refractivity contribution in [2.75, 3.05) is 36.5 Å². The highest BCUT2D eigenvalue weighted by Crippen LogP contribution is 2.35. The third kappa shape index (κ3) is 3.19. The first-order valence-electron chi connectivity index (χ1n) is 7.99. The zero-order valence-electron chi connectivity index (χ0n) is 12.8. The Morgan fingerprint density at radius 1 is 1.17 bits per heavy atom. The van der Waals surface area contributed by atoms with Crippen LogP contribution in [-0.4, -0.2) is 36.3 Å². The molecule has 2 aromatic rings. The summed E-state index contributed by atoms with van der Waals surface area (Å²) in [6.45, 7) is 3.29. The Balaban J connectivity index is 1.52. The van der Waals surface area contributed by atoms with Crippen molar-refractivity contribution in [3.63, 3.8) is 0 Å². The van der Waals surface area contributed by atoms with Crippen molar-refractivity contribution >= 4 is 27.6 Å². The Labute approximate surface area is 144 Å². The fourth-order valence-electron chi connectivity index (χ4n) is 3.31.